The highest BCUT2D eigenvalue weighted by Gasteiger charge is 2.39. The third-order valence-electron chi connectivity index (χ3n) is 3.29. The molecule has 13 heavy (non-hydrogen) atoms. The standard InChI is InChI=1S/C11H17NS/c1-3-8-9(7-10(8)12-2)11-5-4-6-13-11/h4-6,8-10,12H,3,7H2,1-2H3. The molecule has 1 N–H and O–H groups in total. The quantitative estimate of drug-likeness (QED) is 0.782. The fraction of sp³-hybridized carbons (Fsp3) is 0.636. The van der Waals surface area contributed by atoms with Gasteiger partial charge < -0.3 is 5.32 Å². The third kappa shape index (κ3) is 1.53. The number of hydrogen-bond acceptors (Lipinski definition) is 2. The van der Waals surface area contributed by atoms with Crippen LogP contribution in [0.15, 0.2) is 17.5 Å². The number of rotatable bonds is 3. The number of nitrogens with one attached hydrogen (secondary N) is 1. The van der Waals surface area contributed by atoms with Crippen molar-refractivity contribution in [2.45, 2.75) is 31.7 Å². The Kier molecular flexibility index (Phi) is 2.70. The topological polar surface area (TPSA) is 12.0 Å². The molecule has 0 saturated heterocycles. The van der Waals surface area contributed by atoms with Gasteiger partial charge in [0.15, 0.2) is 0 Å². The van der Waals surface area contributed by atoms with Gasteiger partial charge >= 0.3 is 0 Å². The highest BCUT2D eigenvalue weighted by Crippen LogP contribution is 2.45. The fourth-order valence-electron chi connectivity index (χ4n) is 2.44. The van der Waals surface area contributed by atoms with E-state index in [1.807, 2.05) is 11.3 Å². The molecule has 1 saturated carbocycles. The zero-order valence-electron chi connectivity index (χ0n) is 8.29. The van der Waals surface area contributed by atoms with E-state index in [1.54, 1.807) is 4.88 Å². The molecular weight excluding hydrogens is 178 g/mol. The molecule has 0 aromatic carbocycles. The minimum Gasteiger partial charge on any atom is -0.317 e. The first-order valence-electron chi connectivity index (χ1n) is 5.07. The van der Waals surface area contributed by atoms with E-state index in [0.29, 0.717) is 0 Å². The van der Waals surface area contributed by atoms with Crippen molar-refractivity contribution in [1.29, 1.82) is 0 Å². The molecular formula is C11H17NS. The first-order chi connectivity index (χ1) is 6.36. The summed E-state index contributed by atoms with van der Waals surface area (Å²) in [4.78, 5) is 1.58. The summed E-state index contributed by atoms with van der Waals surface area (Å²) in [5, 5.41) is 5.59. The lowest BCUT2D eigenvalue weighted by Crippen LogP contribution is -2.47. The second kappa shape index (κ2) is 3.81. The summed E-state index contributed by atoms with van der Waals surface area (Å²) in [5.41, 5.74) is 0. The van der Waals surface area contributed by atoms with Crippen LogP contribution in [-0.4, -0.2) is 13.1 Å². The van der Waals surface area contributed by atoms with Gasteiger partial charge in [0.1, 0.15) is 0 Å². The van der Waals surface area contributed by atoms with Gasteiger partial charge in [-0.3, -0.25) is 0 Å². The van der Waals surface area contributed by atoms with Gasteiger partial charge in [-0.15, -0.1) is 11.3 Å². The van der Waals surface area contributed by atoms with Gasteiger partial charge in [-0.1, -0.05) is 19.4 Å². The van der Waals surface area contributed by atoms with Crippen molar-refractivity contribution in [1.82, 2.24) is 5.32 Å². The summed E-state index contributed by atoms with van der Waals surface area (Å²) in [6.07, 6.45) is 2.63. The number of thiophene rings is 1. The molecule has 0 radical (unpaired) electrons. The molecule has 3 atom stereocenters. The molecule has 1 heterocycles. The zero-order chi connectivity index (χ0) is 9.26. The number of hydrogen-bond donors (Lipinski definition) is 1. The highest BCUT2D eigenvalue weighted by atomic mass is 32.1. The van der Waals surface area contributed by atoms with Gasteiger partial charge in [-0.2, -0.15) is 0 Å². The van der Waals surface area contributed by atoms with Gasteiger partial charge in [0, 0.05) is 10.9 Å². The average Bonchev–Trinajstić information content (AvgIpc) is 2.57. The monoisotopic (exact) mass is 195 g/mol. The smallest absolute Gasteiger partial charge is 0.0105 e. The lowest BCUT2D eigenvalue weighted by Gasteiger charge is -2.44. The van der Waals surface area contributed by atoms with Crippen molar-refractivity contribution in [2.24, 2.45) is 5.92 Å². The van der Waals surface area contributed by atoms with Gasteiger partial charge in [-0.05, 0) is 36.8 Å². The predicted octanol–water partition coefficient (Wildman–Crippen LogP) is 2.85. The van der Waals surface area contributed by atoms with Crippen LogP contribution < -0.4 is 5.32 Å². The van der Waals surface area contributed by atoms with Crippen LogP contribution in [0.4, 0.5) is 0 Å². The second-order valence-corrected chi connectivity index (χ2v) is 4.80. The predicted molar refractivity (Wildman–Crippen MR) is 58.3 cm³/mol. The Morgan fingerprint density at radius 1 is 1.62 bits per heavy atom. The van der Waals surface area contributed by atoms with Crippen LogP contribution in [0.25, 0.3) is 0 Å². The van der Waals surface area contributed by atoms with Crippen molar-refractivity contribution < 1.29 is 0 Å². The highest BCUT2D eigenvalue weighted by molar-refractivity contribution is 7.10. The van der Waals surface area contributed by atoms with E-state index in [0.717, 1.165) is 17.9 Å². The molecule has 1 aliphatic carbocycles. The van der Waals surface area contributed by atoms with Gasteiger partial charge in [0.05, 0.1) is 0 Å². The Morgan fingerprint density at radius 2 is 2.46 bits per heavy atom. The van der Waals surface area contributed by atoms with Crippen LogP contribution in [-0.2, 0) is 0 Å². The maximum Gasteiger partial charge on any atom is 0.0105 e. The van der Waals surface area contributed by atoms with Crippen LogP contribution in [0.3, 0.4) is 0 Å². The van der Waals surface area contributed by atoms with Gasteiger partial charge in [0.25, 0.3) is 0 Å². The molecule has 1 aromatic rings. The van der Waals surface area contributed by atoms with E-state index in [1.165, 1.54) is 12.8 Å². The van der Waals surface area contributed by atoms with Crippen molar-refractivity contribution in [3.8, 4) is 0 Å². The lowest BCUT2D eigenvalue weighted by atomic mass is 9.67. The van der Waals surface area contributed by atoms with Gasteiger partial charge in [0.2, 0.25) is 0 Å². The van der Waals surface area contributed by atoms with Crippen LogP contribution in [0.1, 0.15) is 30.6 Å². The van der Waals surface area contributed by atoms with E-state index in [9.17, 15) is 0 Å². The molecule has 0 bridgehead atoms. The minimum absolute atomic E-state index is 0.761. The molecule has 0 aliphatic heterocycles. The van der Waals surface area contributed by atoms with E-state index in [-0.39, 0.29) is 0 Å². The second-order valence-electron chi connectivity index (χ2n) is 3.82. The zero-order valence-corrected chi connectivity index (χ0v) is 9.10. The summed E-state index contributed by atoms with van der Waals surface area (Å²) >= 11 is 1.91. The lowest BCUT2D eigenvalue weighted by molar-refractivity contribution is 0.172. The van der Waals surface area contributed by atoms with Crippen molar-refractivity contribution in [3.05, 3.63) is 22.4 Å². The fourth-order valence-corrected chi connectivity index (χ4v) is 3.36. The first-order valence-corrected chi connectivity index (χ1v) is 5.95. The Morgan fingerprint density at radius 3 is 3.00 bits per heavy atom. The maximum absolute atomic E-state index is 3.40. The minimum atomic E-state index is 0.761. The van der Waals surface area contributed by atoms with Crippen molar-refractivity contribution >= 4 is 11.3 Å². The molecule has 1 fully saturated rings. The summed E-state index contributed by atoms with van der Waals surface area (Å²) in [6, 6.07) is 5.21. The Balaban J connectivity index is 2.04. The van der Waals surface area contributed by atoms with Crippen LogP contribution in [0.2, 0.25) is 0 Å². The van der Waals surface area contributed by atoms with Crippen molar-refractivity contribution in [2.75, 3.05) is 7.05 Å². The molecule has 72 valence electrons. The van der Waals surface area contributed by atoms with E-state index >= 15 is 0 Å². The molecule has 0 amide bonds. The Bertz CT molecular complexity index is 255. The molecule has 1 aromatic heterocycles. The maximum atomic E-state index is 3.40. The SMILES string of the molecule is CCC1C(NC)CC1c1cccs1. The molecule has 3 unspecified atom stereocenters. The molecule has 1 aliphatic rings. The molecule has 1 nitrogen and oxygen atoms in total. The van der Waals surface area contributed by atoms with E-state index in [2.05, 4.69) is 36.8 Å². The summed E-state index contributed by atoms with van der Waals surface area (Å²) in [7, 11) is 2.08. The summed E-state index contributed by atoms with van der Waals surface area (Å²) in [5.74, 6) is 1.70. The van der Waals surface area contributed by atoms with E-state index in [4.69, 9.17) is 0 Å². The Hall–Kier alpha value is -0.340. The van der Waals surface area contributed by atoms with Crippen LogP contribution >= 0.6 is 11.3 Å². The van der Waals surface area contributed by atoms with Crippen LogP contribution in [0, 0.1) is 5.92 Å². The molecule has 2 rings (SSSR count). The van der Waals surface area contributed by atoms with Gasteiger partial charge in [-0.25, -0.2) is 0 Å². The normalized spacial score (nSPS) is 32.9. The summed E-state index contributed by atoms with van der Waals surface area (Å²) < 4.78 is 0. The Labute approximate surface area is 84.2 Å². The van der Waals surface area contributed by atoms with Crippen molar-refractivity contribution in [3.63, 3.8) is 0 Å². The average molecular weight is 195 g/mol. The first kappa shape index (κ1) is 9.22. The third-order valence-corrected chi connectivity index (χ3v) is 4.30. The molecule has 2 heteroatoms. The largest absolute Gasteiger partial charge is 0.317 e. The van der Waals surface area contributed by atoms with Crippen LogP contribution in [0.5, 0.6) is 0 Å². The molecule has 0 spiro atoms. The van der Waals surface area contributed by atoms with E-state index < -0.39 is 0 Å². The summed E-state index contributed by atoms with van der Waals surface area (Å²) in [6.45, 7) is 2.30.